The molecule has 0 N–H and O–H groups in total. The molecular formula is C33H47ClN2O4Si. The lowest BCUT2D eigenvalue weighted by atomic mass is 9.96. The molecule has 2 aromatic rings. The Morgan fingerprint density at radius 1 is 0.902 bits per heavy atom. The Balaban J connectivity index is 1.32. The van der Waals surface area contributed by atoms with Crippen molar-refractivity contribution in [2.45, 2.75) is 90.0 Å². The maximum absolute atomic E-state index is 13.4. The Bertz CT molecular complexity index is 1190. The number of hydrazine groups is 1. The summed E-state index contributed by atoms with van der Waals surface area (Å²) < 4.78 is 11.8. The Kier molecular flexibility index (Phi) is 10.4. The van der Waals surface area contributed by atoms with Gasteiger partial charge in [-0.2, -0.15) is 0 Å². The summed E-state index contributed by atoms with van der Waals surface area (Å²) in [5.41, 5.74) is 5.19. The summed E-state index contributed by atoms with van der Waals surface area (Å²) in [4.78, 5) is 25.3. The fourth-order valence-electron chi connectivity index (χ4n) is 7.18. The van der Waals surface area contributed by atoms with Gasteiger partial charge in [-0.3, -0.25) is 9.80 Å². The third-order valence-electron chi connectivity index (χ3n) is 9.27. The van der Waals surface area contributed by atoms with Crippen molar-refractivity contribution in [3.63, 3.8) is 0 Å². The molecule has 6 nitrogen and oxygen atoms in total. The number of esters is 1. The van der Waals surface area contributed by atoms with Crippen LogP contribution in [0.2, 0.25) is 21.6 Å². The highest BCUT2D eigenvalue weighted by molar-refractivity contribution is 6.77. The molecule has 2 saturated heterocycles. The second-order valence-corrected chi connectivity index (χ2v) is 18.4. The van der Waals surface area contributed by atoms with Crippen LogP contribution < -0.4 is 0 Å². The van der Waals surface area contributed by atoms with Crippen LogP contribution in [0, 0.1) is 5.92 Å². The molecule has 0 unspecified atom stereocenters. The van der Waals surface area contributed by atoms with E-state index in [0.29, 0.717) is 33.3 Å². The second kappa shape index (κ2) is 13.4. The highest BCUT2D eigenvalue weighted by Crippen LogP contribution is 2.44. The van der Waals surface area contributed by atoms with Gasteiger partial charge >= 0.3 is 5.97 Å². The van der Waals surface area contributed by atoms with Crippen molar-refractivity contribution in [3.05, 3.63) is 58.6 Å². The van der Waals surface area contributed by atoms with Crippen LogP contribution in [0.4, 0.5) is 0 Å². The number of carbonyl (C=O) groups excluding carboxylic acids is 2. The number of benzene rings is 2. The SMILES string of the molecule is COC(=O)c1ccc(-c2ccc(C[C@@H]3CCN(N4CCC(O[Si](C(C)C)(C(C)C)C(C)C)CC4)C3=O)cc2)cc1Cl. The maximum Gasteiger partial charge on any atom is 0.339 e. The Morgan fingerprint density at radius 3 is 2.02 bits per heavy atom. The third-order valence-corrected chi connectivity index (χ3v) is 15.7. The van der Waals surface area contributed by atoms with Crippen LogP contribution in [0.5, 0.6) is 0 Å². The van der Waals surface area contributed by atoms with E-state index in [2.05, 4.69) is 70.8 Å². The lowest BCUT2D eigenvalue weighted by molar-refractivity contribution is -0.149. The molecule has 2 fully saturated rings. The van der Waals surface area contributed by atoms with Crippen LogP contribution in [-0.4, -0.2) is 63.1 Å². The molecule has 41 heavy (non-hydrogen) atoms. The van der Waals surface area contributed by atoms with E-state index in [0.717, 1.165) is 62.0 Å². The number of carbonyl (C=O) groups is 2. The Labute approximate surface area is 252 Å². The summed E-state index contributed by atoms with van der Waals surface area (Å²) in [6, 6.07) is 13.6. The van der Waals surface area contributed by atoms with Gasteiger partial charge in [-0.1, -0.05) is 83.5 Å². The average molecular weight is 599 g/mol. The summed E-state index contributed by atoms with van der Waals surface area (Å²) in [6.45, 7) is 16.6. The molecule has 8 heteroatoms. The summed E-state index contributed by atoms with van der Waals surface area (Å²) in [5.74, 6) is -0.197. The monoisotopic (exact) mass is 598 g/mol. The van der Waals surface area contributed by atoms with Gasteiger partial charge in [0, 0.05) is 31.7 Å². The van der Waals surface area contributed by atoms with E-state index in [1.54, 1.807) is 12.1 Å². The van der Waals surface area contributed by atoms with Gasteiger partial charge in [-0.25, -0.2) is 9.80 Å². The van der Waals surface area contributed by atoms with Crippen LogP contribution in [0.25, 0.3) is 11.1 Å². The number of halogens is 1. The zero-order valence-corrected chi connectivity index (χ0v) is 27.5. The molecule has 4 rings (SSSR count). The number of nitrogens with zero attached hydrogens (tertiary/aromatic N) is 2. The number of amides is 1. The van der Waals surface area contributed by atoms with Crippen LogP contribution in [0.3, 0.4) is 0 Å². The number of hydrogen-bond donors (Lipinski definition) is 0. The Hall–Kier alpha value is -2.19. The number of hydrogen-bond acceptors (Lipinski definition) is 5. The third kappa shape index (κ3) is 6.74. The first-order valence-electron chi connectivity index (χ1n) is 15.2. The molecule has 0 radical (unpaired) electrons. The number of methoxy groups -OCH3 is 1. The van der Waals surface area contributed by atoms with Gasteiger partial charge < -0.3 is 9.16 Å². The zero-order chi connectivity index (χ0) is 29.9. The minimum atomic E-state index is -1.90. The van der Waals surface area contributed by atoms with Crippen LogP contribution in [-0.2, 0) is 20.4 Å². The van der Waals surface area contributed by atoms with E-state index in [-0.39, 0.29) is 11.8 Å². The van der Waals surface area contributed by atoms with Crippen molar-refractivity contribution in [1.29, 1.82) is 0 Å². The highest BCUT2D eigenvalue weighted by Gasteiger charge is 2.47. The summed E-state index contributed by atoms with van der Waals surface area (Å²) in [6.07, 6.45) is 3.89. The highest BCUT2D eigenvalue weighted by atomic mass is 35.5. The van der Waals surface area contributed by atoms with Crippen LogP contribution in [0.1, 0.15) is 76.7 Å². The van der Waals surface area contributed by atoms with E-state index in [4.69, 9.17) is 20.8 Å². The zero-order valence-electron chi connectivity index (χ0n) is 25.8. The number of rotatable bonds is 10. The van der Waals surface area contributed by atoms with Crippen molar-refractivity contribution >= 4 is 31.8 Å². The van der Waals surface area contributed by atoms with Gasteiger partial charge in [0.1, 0.15) is 0 Å². The Morgan fingerprint density at radius 2 is 1.49 bits per heavy atom. The number of piperidine rings is 1. The van der Waals surface area contributed by atoms with E-state index in [9.17, 15) is 9.59 Å². The molecule has 0 bridgehead atoms. The van der Waals surface area contributed by atoms with Gasteiger partial charge in [0.05, 0.1) is 17.7 Å². The normalized spacial score (nSPS) is 19.1. The molecule has 0 aliphatic carbocycles. The topological polar surface area (TPSA) is 59.1 Å². The summed E-state index contributed by atoms with van der Waals surface area (Å²) in [5, 5.41) is 4.65. The standard InChI is InChI=1S/C33H47ClN2O4Si/c1-22(2)41(23(3)4,24(5)6)40-29-15-17-35(18-16-29)36-19-14-28(32(36)37)20-25-8-10-26(11-9-25)27-12-13-30(31(34)21-27)33(38)39-7/h8-13,21-24,28-29H,14-20H2,1-7H3/t28-/m0/s1. The predicted molar refractivity (Wildman–Crippen MR) is 168 cm³/mol. The largest absolute Gasteiger partial charge is 0.465 e. The fraction of sp³-hybridized carbons (Fsp3) is 0.576. The molecule has 0 aromatic heterocycles. The van der Waals surface area contributed by atoms with Crippen molar-refractivity contribution in [2.75, 3.05) is 26.7 Å². The fourth-order valence-corrected chi connectivity index (χ4v) is 13.1. The minimum absolute atomic E-state index is 0.00601. The van der Waals surface area contributed by atoms with Crippen LogP contribution in [0.15, 0.2) is 42.5 Å². The van der Waals surface area contributed by atoms with Crippen molar-refractivity contribution in [2.24, 2.45) is 5.92 Å². The minimum Gasteiger partial charge on any atom is -0.465 e. The molecule has 0 saturated carbocycles. The maximum atomic E-state index is 13.4. The lowest BCUT2D eigenvalue weighted by Gasteiger charge is -2.47. The van der Waals surface area contributed by atoms with Crippen molar-refractivity contribution in [3.8, 4) is 11.1 Å². The van der Waals surface area contributed by atoms with Crippen molar-refractivity contribution < 1.29 is 18.8 Å². The van der Waals surface area contributed by atoms with Gasteiger partial charge in [-0.15, -0.1) is 0 Å². The smallest absolute Gasteiger partial charge is 0.339 e. The van der Waals surface area contributed by atoms with Gasteiger partial charge in [0.25, 0.3) is 0 Å². The molecular weight excluding hydrogens is 552 g/mol. The first kappa shape index (κ1) is 31.7. The van der Waals surface area contributed by atoms with Gasteiger partial charge in [0.15, 0.2) is 0 Å². The first-order chi connectivity index (χ1) is 19.5. The lowest BCUT2D eigenvalue weighted by Crippen LogP contribution is -2.54. The molecule has 224 valence electrons. The van der Waals surface area contributed by atoms with Gasteiger partial charge in [-0.05, 0) is 71.1 Å². The quantitative estimate of drug-likeness (QED) is 0.207. The van der Waals surface area contributed by atoms with Crippen LogP contribution >= 0.6 is 11.6 Å². The molecule has 2 aliphatic rings. The predicted octanol–water partition coefficient (Wildman–Crippen LogP) is 7.76. The van der Waals surface area contributed by atoms with E-state index in [1.165, 1.54) is 7.11 Å². The molecule has 2 aromatic carbocycles. The summed E-state index contributed by atoms with van der Waals surface area (Å²) >= 11 is 6.31. The average Bonchev–Trinajstić information content (AvgIpc) is 3.30. The molecule has 0 spiro atoms. The van der Waals surface area contributed by atoms with Crippen molar-refractivity contribution in [1.82, 2.24) is 10.0 Å². The molecule has 1 amide bonds. The van der Waals surface area contributed by atoms with E-state index < -0.39 is 14.3 Å². The summed E-state index contributed by atoms with van der Waals surface area (Å²) in [7, 11) is -0.555. The van der Waals surface area contributed by atoms with E-state index in [1.807, 2.05) is 11.1 Å². The van der Waals surface area contributed by atoms with E-state index >= 15 is 0 Å². The molecule has 1 atom stereocenters. The van der Waals surface area contributed by atoms with Gasteiger partial charge in [0.2, 0.25) is 14.2 Å². The molecule has 2 aliphatic heterocycles. The second-order valence-electron chi connectivity index (χ2n) is 12.6. The number of ether oxygens (including phenoxy) is 1. The molecule has 2 heterocycles. The first-order valence-corrected chi connectivity index (χ1v) is 17.7.